The Morgan fingerprint density at radius 1 is 1.10 bits per heavy atom. The van der Waals surface area contributed by atoms with Gasteiger partial charge in [0.05, 0.1) is 30.1 Å². The van der Waals surface area contributed by atoms with Crippen LogP contribution in [0, 0.1) is 17.8 Å². The number of carbonyl (C=O) groups excluding carboxylic acids is 3. The topological polar surface area (TPSA) is 90.4 Å². The predicted octanol–water partition coefficient (Wildman–Crippen LogP) is 4.17. The Labute approximate surface area is 248 Å². The molecule has 3 saturated heterocycles. The number of likely N-dealkylation sites (tertiary alicyclic amines) is 1. The van der Waals surface area contributed by atoms with Crippen LogP contribution in [0.5, 0.6) is 0 Å². The van der Waals surface area contributed by atoms with Crippen LogP contribution in [-0.2, 0) is 19.1 Å². The lowest BCUT2D eigenvalue weighted by molar-refractivity contribution is -0.151. The minimum Gasteiger partial charge on any atom is -0.394 e. The van der Waals surface area contributed by atoms with Crippen molar-refractivity contribution in [3.63, 3.8) is 0 Å². The molecule has 3 amide bonds. The molecule has 2 bridgehead atoms. The number of likely N-dealkylation sites (N-methyl/N-ethyl adjacent to an activating group) is 1. The van der Waals surface area contributed by atoms with Gasteiger partial charge < -0.3 is 24.5 Å². The number of ether oxygens (including phenoxy) is 1. The second kappa shape index (κ2) is 11.3. The van der Waals surface area contributed by atoms with Gasteiger partial charge in [-0.05, 0) is 55.0 Å². The number of aliphatic hydroxyl groups is 1. The van der Waals surface area contributed by atoms with E-state index in [0.29, 0.717) is 31.5 Å². The van der Waals surface area contributed by atoms with Crippen LogP contribution in [0.1, 0.15) is 40.0 Å². The van der Waals surface area contributed by atoms with Gasteiger partial charge in [0.2, 0.25) is 11.8 Å². The van der Waals surface area contributed by atoms with Crippen LogP contribution in [-0.4, -0.2) is 82.7 Å². The Morgan fingerprint density at radius 3 is 2.43 bits per heavy atom. The third-order valence-electron chi connectivity index (χ3n) is 9.46. The molecule has 2 aromatic rings. The summed E-state index contributed by atoms with van der Waals surface area (Å²) in [5.41, 5.74) is -1.37. The molecular formula is C34H43N3O5. The van der Waals surface area contributed by atoms with Crippen LogP contribution in [0.4, 0.5) is 5.69 Å². The number of amides is 3. The summed E-state index contributed by atoms with van der Waals surface area (Å²) < 4.78 is 6.81. The standard InChI is InChI=1S/C34H43N3O5/c1-7-17-35(6)30(39)27-28-31(40)37(26(21-38)19-22(3)4)29(34(28)16-15-33(27,5)42-34)32(41)36(18-8-2)25-14-13-23-11-9-10-12-24(23)20-25/h7-14,20,22,26-29,38H,1-2,15-19,21H2,3-6H3/t26-,27+,28+,29?,33-,34?/m1/s1. The number of fused-ring (bicyclic) bond motifs is 2. The second-order valence-corrected chi connectivity index (χ2v) is 12.7. The zero-order chi connectivity index (χ0) is 30.4. The van der Waals surface area contributed by atoms with E-state index in [1.165, 1.54) is 0 Å². The van der Waals surface area contributed by atoms with Crippen molar-refractivity contribution in [3.05, 3.63) is 67.8 Å². The smallest absolute Gasteiger partial charge is 0.253 e. The van der Waals surface area contributed by atoms with Gasteiger partial charge in [-0.15, -0.1) is 13.2 Å². The van der Waals surface area contributed by atoms with Crippen molar-refractivity contribution < 1.29 is 24.2 Å². The molecule has 0 aliphatic carbocycles. The molecule has 5 rings (SSSR count). The van der Waals surface area contributed by atoms with Gasteiger partial charge in [0, 0.05) is 25.8 Å². The molecule has 1 spiro atoms. The predicted molar refractivity (Wildman–Crippen MR) is 164 cm³/mol. The monoisotopic (exact) mass is 573 g/mol. The fourth-order valence-electron chi connectivity index (χ4n) is 7.70. The first-order valence-corrected chi connectivity index (χ1v) is 14.9. The maximum atomic E-state index is 14.9. The molecule has 8 heteroatoms. The highest BCUT2D eigenvalue weighted by molar-refractivity contribution is 6.06. The number of aliphatic hydroxyl groups excluding tert-OH is 1. The lowest BCUT2D eigenvalue weighted by Gasteiger charge is -2.40. The Hall–Kier alpha value is -3.49. The zero-order valence-corrected chi connectivity index (χ0v) is 25.2. The van der Waals surface area contributed by atoms with Crippen molar-refractivity contribution in [2.24, 2.45) is 17.8 Å². The van der Waals surface area contributed by atoms with Gasteiger partial charge >= 0.3 is 0 Å². The summed E-state index contributed by atoms with van der Waals surface area (Å²) in [7, 11) is 1.70. The summed E-state index contributed by atoms with van der Waals surface area (Å²) in [5, 5.41) is 12.6. The molecule has 3 aliphatic heterocycles. The Kier molecular flexibility index (Phi) is 8.07. The molecule has 224 valence electrons. The van der Waals surface area contributed by atoms with Crippen LogP contribution >= 0.6 is 0 Å². The third kappa shape index (κ3) is 4.65. The summed E-state index contributed by atoms with van der Waals surface area (Å²) in [5.74, 6) is -2.17. The first-order valence-electron chi connectivity index (χ1n) is 14.9. The first-order chi connectivity index (χ1) is 20.0. The van der Waals surface area contributed by atoms with Gasteiger partial charge in [-0.1, -0.05) is 56.3 Å². The van der Waals surface area contributed by atoms with Crippen molar-refractivity contribution in [1.29, 1.82) is 0 Å². The fraction of sp³-hybridized carbons (Fsp3) is 0.500. The van der Waals surface area contributed by atoms with Gasteiger partial charge in [-0.2, -0.15) is 0 Å². The van der Waals surface area contributed by atoms with E-state index < -0.39 is 35.1 Å². The van der Waals surface area contributed by atoms with E-state index in [0.717, 1.165) is 10.8 Å². The lowest BCUT2D eigenvalue weighted by Crippen LogP contribution is -2.59. The molecule has 3 heterocycles. The molecule has 0 radical (unpaired) electrons. The highest BCUT2D eigenvalue weighted by Crippen LogP contribution is 2.64. The van der Waals surface area contributed by atoms with Crippen molar-refractivity contribution in [3.8, 4) is 0 Å². The number of nitrogens with zero attached hydrogens (tertiary/aromatic N) is 3. The van der Waals surface area contributed by atoms with Gasteiger partial charge in [-0.3, -0.25) is 14.4 Å². The number of hydrogen-bond donors (Lipinski definition) is 1. The third-order valence-corrected chi connectivity index (χ3v) is 9.46. The highest BCUT2D eigenvalue weighted by atomic mass is 16.5. The zero-order valence-electron chi connectivity index (χ0n) is 25.2. The Bertz CT molecular complexity index is 1410. The Morgan fingerprint density at radius 2 is 1.79 bits per heavy atom. The van der Waals surface area contributed by atoms with Crippen molar-refractivity contribution >= 4 is 34.2 Å². The molecular weight excluding hydrogens is 530 g/mol. The van der Waals surface area contributed by atoms with E-state index in [4.69, 9.17) is 4.74 Å². The summed E-state index contributed by atoms with van der Waals surface area (Å²) >= 11 is 0. The van der Waals surface area contributed by atoms with E-state index in [-0.39, 0.29) is 36.8 Å². The number of benzene rings is 2. The van der Waals surface area contributed by atoms with Crippen molar-refractivity contribution in [2.45, 2.75) is 63.3 Å². The highest BCUT2D eigenvalue weighted by Gasteiger charge is 2.78. The number of anilines is 1. The SMILES string of the molecule is C=CCN(C)C(=O)[C@@H]1[C@H]2C(=O)N([C@@H](CO)CC(C)C)C(C(=O)N(CC=C)c3ccc4ccccc4c3)C23CC[C@@]1(C)O3. The van der Waals surface area contributed by atoms with Gasteiger partial charge in [-0.25, -0.2) is 0 Å². The van der Waals surface area contributed by atoms with E-state index in [1.807, 2.05) is 63.2 Å². The fourth-order valence-corrected chi connectivity index (χ4v) is 7.70. The number of carbonyl (C=O) groups is 3. The summed E-state index contributed by atoms with van der Waals surface area (Å²) in [6.45, 7) is 13.9. The van der Waals surface area contributed by atoms with Crippen LogP contribution < -0.4 is 4.90 Å². The lowest BCUT2D eigenvalue weighted by atomic mass is 9.66. The van der Waals surface area contributed by atoms with Crippen LogP contribution in [0.2, 0.25) is 0 Å². The average Bonchev–Trinajstić information content (AvgIpc) is 3.54. The van der Waals surface area contributed by atoms with Crippen LogP contribution in [0.25, 0.3) is 10.8 Å². The minimum atomic E-state index is -1.18. The van der Waals surface area contributed by atoms with Crippen molar-refractivity contribution in [1.82, 2.24) is 9.80 Å². The number of hydrogen-bond acceptors (Lipinski definition) is 5. The number of rotatable bonds is 11. The molecule has 0 aromatic heterocycles. The van der Waals surface area contributed by atoms with Crippen LogP contribution in [0.15, 0.2) is 67.8 Å². The minimum absolute atomic E-state index is 0.166. The molecule has 2 aromatic carbocycles. The van der Waals surface area contributed by atoms with Crippen LogP contribution in [0.3, 0.4) is 0 Å². The summed E-state index contributed by atoms with van der Waals surface area (Å²) in [4.78, 5) is 48.1. The average molecular weight is 574 g/mol. The molecule has 2 unspecified atom stereocenters. The van der Waals surface area contributed by atoms with E-state index in [1.54, 1.807) is 33.9 Å². The molecule has 3 aliphatic rings. The second-order valence-electron chi connectivity index (χ2n) is 12.7. The van der Waals surface area contributed by atoms with Gasteiger partial charge in [0.15, 0.2) is 0 Å². The van der Waals surface area contributed by atoms with Gasteiger partial charge in [0.25, 0.3) is 5.91 Å². The summed E-state index contributed by atoms with van der Waals surface area (Å²) in [6.07, 6.45) is 4.87. The van der Waals surface area contributed by atoms with E-state index in [9.17, 15) is 19.5 Å². The molecule has 6 atom stereocenters. The Balaban J connectivity index is 1.64. The van der Waals surface area contributed by atoms with Gasteiger partial charge in [0.1, 0.15) is 11.6 Å². The molecule has 8 nitrogen and oxygen atoms in total. The molecule has 1 N–H and O–H groups in total. The molecule has 0 saturated carbocycles. The van der Waals surface area contributed by atoms with E-state index >= 15 is 0 Å². The largest absolute Gasteiger partial charge is 0.394 e. The summed E-state index contributed by atoms with van der Waals surface area (Å²) in [6, 6.07) is 12.2. The maximum absolute atomic E-state index is 14.9. The van der Waals surface area contributed by atoms with Crippen molar-refractivity contribution in [2.75, 3.05) is 31.6 Å². The molecule has 42 heavy (non-hydrogen) atoms. The maximum Gasteiger partial charge on any atom is 0.253 e. The molecule has 3 fully saturated rings. The normalized spacial score (nSPS) is 28.7. The first kappa shape index (κ1) is 30.0. The van der Waals surface area contributed by atoms with E-state index in [2.05, 4.69) is 13.2 Å². The quantitative estimate of drug-likeness (QED) is 0.408.